The molecule has 2 aliphatic rings. The summed E-state index contributed by atoms with van der Waals surface area (Å²) >= 11 is 0. The number of rotatable bonds is 4. The Bertz CT molecular complexity index is 655. The molecule has 0 radical (unpaired) electrons. The zero-order chi connectivity index (χ0) is 17.1. The molecule has 0 aromatic carbocycles. The first kappa shape index (κ1) is 16.5. The van der Waals surface area contributed by atoms with Gasteiger partial charge in [0.15, 0.2) is 0 Å². The molecule has 25 heavy (non-hydrogen) atoms. The molecule has 2 aromatic rings. The van der Waals surface area contributed by atoms with Crippen LogP contribution in [0.3, 0.4) is 0 Å². The minimum Gasteiger partial charge on any atom is -0.341 e. The molecule has 7 nitrogen and oxygen atoms in total. The highest BCUT2D eigenvalue weighted by molar-refractivity contribution is 5.29. The maximum Gasteiger partial charge on any atom is 0.225 e. The second kappa shape index (κ2) is 7.49. The van der Waals surface area contributed by atoms with Gasteiger partial charge >= 0.3 is 0 Å². The molecule has 0 N–H and O–H groups in total. The molecular weight excluding hydrogens is 314 g/mol. The van der Waals surface area contributed by atoms with Crippen molar-refractivity contribution < 1.29 is 0 Å². The minimum absolute atomic E-state index is 0.704. The van der Waals surface area contributed by atoms with Crippen LogP contribution >= 0.6 is 0 Å². The highest BCUT2D eigenvalue weighted by Crippen LogP contribution is 2.21. The van der Waals surface area contributed by atoms with Gasteiger partial charge in [0.05, 0.1) is 6.54 Å². The predicted octanol–water partition coefficient (Wildman–Crippen LogP) is 0.997. The van der Waals surface area contributed by atoms with E-state index in [9.17, 15) is 0 Å². The Balaban J connectivity index is 1.24. The van der Waals surface area contributed by atoms with E-state index in [2.05, 4.69) is 41.3 Å². The summed E-state index contributed by atoms with van der Waals surface area (Å²) < 4.78 is 2.12. The highest BCUT2D eigenvalue weighted by Gasteiger charge is 2.28. The normalized spacial score (nSPS) is 20.9. The molecule has 0 spiro atoms. The summed E-state index contributed by atoms with van der Waals surface area (Å²) in [5.41, 5.74) is 0. The summed E-state index contributed by atoms with van der Waals surface area (Å²) in [5, 5.41) is 0. The van der Waals surface area contributed by atoms with Gasteiger partial charge in [-0.25, -0.2) is 15.0 Å². The van der Waals surface area contributed by atoms with Crippen molar-refractivity contribution in [3.8, 4) is 0 Å². The molecule has 0 bridgehead atoms. The maximum absolute atomic E-state index is 4.45. The summed E-state index contributed by atoms with van der Waals surface area (Å²) in [6.45, 7) is 7.67. The standard InChI is InChI=1S/C18H27N7/c1-22-10-7-19-17(22)15-23-11-13-24(14-12-23)16-3-8-25(9-4-16)18-20-5-2-6-21-18/h2,5-7,10,16H,3-4,8-9,11-15H2,1H3. The van der Waals surface area contributed by atoms with E-state index in [-0.39, 0.29) is 0 Å². The molecule has 0 unspecified atom stereocenters. The van der Waals surface area contributed by atoms with Crippen molar-refractivity contribution in [2.75, 3.05) is 44.2 Å². The molecule has 2 saturated heterocycles. The number of anilines is 1. The first-order chi connectivity index (χ1) is 12.3. The zero-order valence-corrected chi connectivity index (χ0v) is 15.0. The Kier molecular flexibility index (Phi) is 4.94. The average molecular weight is 341 g/mol. The number of hydrogen-bond donors (Lipinski definition) is 0. The molecule has 7 heteroatoms. The summed E-state index contributed by atoms with van der Waals surface area (Å²) in [4.78, 5) is 20.7. The third kappa shape index (κ3) is 3.82. The lowest BCUT2D eigenvalue weighted by molar-refractivity contribution is 0.0793. The number of piperidine rings is 1. The van der Waals surface area contributed by atoms with Crippen LogP contribution in [0.4, 0.5) is 5.95 Å². The lowest BCUT2D eigenvalue weighted by Gasteiger charge is -2.42. The molecule has 0 amide bonds. The average Bonchev–Trinajstić information content (AvgIpc) is 3.08. The molecule has 4 rings (SSSR count). The molecule has 4 heterocycles. The SMILES string of the molecule is Cn1ccnc1CN1CCN(C2CCN(c3ncccn3)CC2)CC1. The Hall–Kier alpha value is -1.99. The van der Waals surface area contributed by atoms with Gasteiger partial charge in [0.1, 0.15) is 5.82 Å². The van der Waals surface area contributed by atoms with Crippen LogP contribution in [0.5, 0.6) is 0 Å². The van der Waals surface area contributed by atoms with Gasteiger partial charge in [0.25, 0.3) is 0 Å². The minimum atomic E-state index is 0.704. The summed E-state index contributed by atoms with van der Waals surface area (Å²) in [5.74, 6) is 2.03. The lowest BCUT2D eigenvalue weighted by Crippen LogP contribution is -2.53. The van der Waals surface area contributed by atoms with Gasteiger partial charge in [0.2, 0.25) is 5.95 Å². The van der Waals surface area contributed by atoms with Crippen molar-refractivity contribution in [3.05, 3.63) is 36.7 Å². The van der Waals surface area contributed by atoms with Crippen molar-refractivity contribution >= 4 is 5.95 Å². The fourth-order valence-electron chi connectivity index (χ4n) is 3.92. The van der Waals surface area contributed by atoms with Crippen LogP contribution in [0.1, 0.15) is 18.7 Å². The fraction of sp³-hybridized carbons (Fsp3) is 0.611. The van der Waals surface area contributed by atoms with Crippen LogP contribution in [0, 0.1) is 0 Å². The van der Waals surface area contributed by atoms with Crippen molar-refractivity contribution in [2.45, 2.75) is 25.4 Å². The molecule has 134 valence electrons. The van der Waals surface area contributed by atoms with Crippen molar-refractivity contribution in [3.63, 3.8) is 0 Å². The highest BCUT2D eigenvalue weighted by atomic mass is 15.3. The van der Waals surface area contributed by atoms with Gasteiger partial charge in [-0.3, -0.25) is 9.80 Å². The smallest absolute Gasteiger partial charge is 0.225 e. The molecule has 0 atom stereocenters. The van der Waals surface area contributed by atoms with Gasteiger partial charge in [-0.1, -0.05) is 0 Å². The number of hydrogen-bond acceptors (Lipinski definition) is 6. The maximum atomic E-state index is 4.45. The van der Waals surface area contributed by atoms with E-state index in [0.29, 0.717) is 6.04 Å². The van der Waals surface area contributed by atoms with Crippen LogP contribution in [0.2, 0.25) is 0 Å². The van der Waals surface area contributed by atoms with E-state index in [0.717, 1.165) is 57.6 Å². The molecule has 2 fully saturated rings. The first-order valence-electron chi connectivity index (χ1n) is 9.24. The van der Waals surface area contributed by atoms with Crippen LogP contribution in [-0.2, 0) is 13.6 Å². The Morgan fingerprint density at radius 2 is 1.64 bits per heavy atom. The topological polar surface area (TPSA) is 53.3 Å². The Morgan fingerprint density at radius 1 is 0.920 bits per heavy atom. The van der Waals surface area contributed by atoms with Gasteiger partial charge in [-0.15, -0.1) is 0 Å². The van der Waals surface area contributed by atoms with Crippen molar-refractivity contribution in [1.29, 1.82) is 0 Å². The number of piperazine rings is 1. The van der Waals surface area contributed by atoms with Crippen LogP contribution in [0.15, 0.2) is 30.9 Å². The number of aromatic nitrogens is 4. The number of imidazole rings is 1. The predicted molar refractivity (Wildman–Crippen MR) is 97.3 cm³/mol. The van der Waals surface area contributed by atoms with Crippen LogP contribution in [0.25, 0.3) is 0 Å². The largest absolute Gasteiger partial charge is 0.341 e. The number of aryl methyl sites for hydroxylation is 1. The van der Waals surface area contributed by atoms with E-state index in [4.69, 9.17) is 0 Å². The van der Waals surface area contributed by atoms with Crippen LogP contribution < -0.4 is 4.90 Å². The van der Waals surface area contributed by atoms with Gasteiger partial charge in [-0.2, -0.15) is 0 Å². The third-order valence-electron chi connectivity index (χ3n) is 5.51. The quantitative estimate of drug-likeness (QED) is 0.827. The van der Waals surface area contributed by atoms with Gasteiger partial charge in [0, 0.05) is 77.1 Å². The molecule has 0 saturated carbocycles. The summed E-state index contributed by atoms with van der Waals surface area (Å²) in [7, 11) is 2.07. The van der Waals surface area contributed by atoms with Gasteiger partial charge < -0.3 is 9.47 Å². The first-order valence-corrected chi connectivity index (χ1v) is 9.24. The van der Waals surface area contributed by atoms with Crippen molar-refractivity contribution in [1.82, 2.24) is 29.3 Å². The number of nitrogens with zero attached hydrogens (tertiary/aromatic N) is 7. The summed E-state index contributed by atoms with van der Waals surface area (Å²) in [6.07, 6.45) is 9.98. The molecular formula is C18H27N7. The Labute approximate surface area is 149 Å². The molecule has 2 aromatic heterocycles. The van der Waals surface area contributed by atoms with E-state index in [1.165, 1.54) is 12.8 Å². The van der Waals surface area contributed by atoms with Gasteiger partial charge in [-0.05, 0) is 18.9 Å². The summed E-state index contributed by atoms with van der Waals surface area (Å²) in [6, 6.07) is 2.58. The van der Waals surface area contributed by atoms with Crippen molar-refractivity contribution in [2.24, 2.45) is 7.05 Å². The monoisotopic (exact) mass is 341 g/mol. The second-order valence-electron chi connectivity index (χ2n) is 7.03. The zero-order valence-electron chi connectivity index (χ0n) is 15.0. The van der Waals surface area contributed by atoms with E-state index in [1.54, 1.807) is 0 Å². The van der Waals surface area contributed by atoms with E-state index < -0.39 is 0 Å². The second-order valence-corrected chi connectivity index (χ2v) is 7.03. The molecule has 0 aliphatic carbocycles. The Morgan fingerprint density at radius 3 is 2.28 bits per heavy atom. The van der Waals surface area contributed by atoms with E-state index in [1.807, 2.05) is 30.9 Å². The molecule has 2 aliphatic heterocycles. The van der Waals surface area contributed by atoms with Crippen LogP contribution in [-0.4, -0.2) is 74.6 Å². The van der Waals surface area contributed by atoms with E-state index >= 15 is 0 Å². The third-order valence-corrected chi connectivity index (χ3v) is 5.51. The lowest BCUT2D eigenvalue weighted by atomic mass is 10.0. The fourth-order valence-corrected chi connectivity index (χ4v) is 3.92.